The van der Waals surface area contributed by atoms with E-state index in [1.807, 2.05) is 6.07 Å². The minimum atomic E-state index is 0.154. The fourth-order valence-electron chi connectivity index (χ4n) is 1.78. The quantitative estimate of drug-likeness (QED) is 0.751. The summed E-state index contributed by atoms with van der Waals surface area (Å²) in [6, 6.07) is 10.5. The lowest BCUT2D eigenvalue weighted by Crippen LogP contribution is -2.12. The van der Waals surface area contributed by atoms with E-state index in [1.54, 1.807) is 6.20 Å². The molecule has 0 saturated heterocycles. The first-order valence-electron chi connectivity index (χ1n) is 5.18. The van der Waals surface area contributed by atoms with Crippen LogP contribution in [0.3, 0.4) is 0 Å². The van der Waals surface area contributed by atoms with Crippen molar-refractivity contribution in [1.82, 2.24) is 10.2 Å². The van der Waals surface area contributed by atoms with E-state index >= 15 is 0 Å². The van der Waals surface area contributed by atoms with Gasteiger partial charge in [-0.1, -0.05) is 45.0 Å². The maximum atomic E-state index is 4.00. The van der Waals surface area contributed by atoms with Crippen LogP contribution in [-0.4, -0.2) is 10.2 Å². The normalized spacial score (nSPS) is 11.7. The lowest BCUT2D eigenvalue weighted by molar-refractivity contribution is 0.591. The van der Waals surface area contributed by atoms with Crippen LogP contribution in [-0.2, 0) is 5.41 Å². The second-order valence-electron chi connectivity index (χ2n) is 4.77. The summed E-state index contributed by atoms with van der Waals surface area (Å²) in [4.78, 5) is 0. The molecule has 0 radical (unpaired) electrons. The second-order valence-corrected chi connectivity index (χ2v) is 4.77. The summed E-state index contributed by atoms with van der Waals surface area (Å²) in [6.45, 7) is 6.67. The maximum absolute atomic E-state index is 4.00. The molecule has 0 unspecified atom stereocenters. The van der Waals surface area contributed by atoms with E-state index in [0.29, 0.717) is 0 Å². The van der Waals surface area contributed by atoms with Crippen LogP contribution in [0.25, 0.3) is 11.3 Å². The third kappa shape index (κ3) is 1.94. The molecule has 78 valence electrons. The number of hydrogen-bond acceptors (Lipinski definition) is 1. The molecule has 1 aromatic carbocycles. The van der Waals surface area contributed by atoms with Crippen molar-refractivity contribution in [2.24, 2.45) is 0 Å². The Hall–Kier alpha value is -1.57. The number of benzene rings is 1. The largest absolute Gasteiger partial charge is 0.278 e. The number of aromatic nitrogens is 2. The van der Waals surface area contributed by atoms with E-state index in [2.05, 4.69) is 55.2 Å². The van der Waals surface area contributed by atoms with E-state index in [4.69, 9.17) is 0 Å². The average Bonchev–Trinajstić information content (AvgIpc) is 2.69. The van der Waals surface area contributed by atoms with Crippen LogP contribution >= 0.6 is 0 Å². The summed E-state index contributed by atoms with van der Waals surface area (Å²) < 4.78 is 0. The van der Waals surface area contributed by atoms with Crippen LogP contribution in [0.4, 0.5) is 0 Å². The van der Waals surface area contributed by atoms with Gasteiger partial charge < -0.3 is 0 Å². The number of hydrogen-bond donors (Lipinski definition) is 1. The molecule has 2 aromatic rings. The SMILES string of the molecule is CC(C)(C)c1ccccc1-c1ccn[nH]1. The van der Waals surface area contributed by atoms with Crippen molar-refractivity contribution in [3.05, 3.63) is 42.1 Å². The van der Waals surface area contributed by atoms with Gasteiger partial charge in [-0.05, 0) is 17.0 Å². The van der Waals surface area contributed by atoms with Gasteiger partial charge in [0.2, 0.25) is 0 Å². The van der Waals surface area contributed by atoms with E-state index in [9.17, 15) is 0 Å². The van der Waals surface area contributed by atoms with E-state index in [-0.39, 0.29) is 5.41 Å². The topological polar surface area (TPSA) is 28.7 Å². The molecule has 0 aliphatic rings. The molecule has 0 aliphatic carbocycles. The summed E-state index contributed by atoms with van der Waals surface area (Å²) >= 11 is 0. The zero-order valence-electron chi connectivity index (χ0n) is 9.41. The molecule has 0 spiro atoms. The number of H-pyrrole nitrogens is 1. The number of nitrogens with one attached hydrogen (secondary N) is 1. The summed E-state index contributed by atoms with van der Waals surface area (Å²) in [5, 5.41) is 7.01. The fraction of sp³-hybridized carbons (Fsp3) is 0.308. The minimum absolute atomic E-state index is 0.154. The highest BCUT2D eigenvalue weighted by Crippen LogP contribution is 2.31. The molecular weight excluding hydrogens is 184 g/mol. The van der Waals surface area contributed by atoms with E-state index < -0.39 is 0 Å². The lowest BCUT2D eigenvalue weighted by atomic mass is 9.83. The van der Waals surface area contributed by atoms with Crippen molar-refractivity contribution in [2.45, 2.75) is 26.2 Å². The first-order valence-corrected chi connectivity index (χ1v) is 5.18. The summed E-state index contributed by atoms with van der Waals surface area (Å²) in [6.07, 6.45) is 1.79. The number of rotatable bonds is 1. The molecule has 0 amide bonds. The fourth-order valence-corrected chi connectivity index (χ4v) is 1.78. The molecule has 1 heterocycles. The highest BCUT2D eigenvalue weighted by atomic mass is 15.1. The summed E-state index contributed by atoms with van der Waals surface area (Å²) in [7, 11) is 0. The van der Waals surface area contributed by atoms with E-state index in [1.165, 1.54) is 11.1 Å². The molecule has 0 fully saturated rings. The van der Waals surface area contributed by atoms with Crippen LogP contribution < -0.4 is 0 Å². The Labute approximate surface area is 90.3 Å². The van der Waals surface area contributed by atoms with Gasteiger partial charge in [-0.3, -0.25) is 5.10 Å². The molecule has 0 bridgehead atoms. The van der Waals surface area contributed by atoms with Gasteiger partial charge in [0.25, 0.3) is 0 Å². The molecule has 0 atom stereocenters. The predicted octanol–water partition coefficient (Wildman–Crippen LogP) is 3.37. The molecule has 0 aliphatic heterocycles. The van der Waals surface area contributed by atoms with Gasteiger partial charge in [-0.2, -0.15) is 5.10 Å². The van der Waals surface area contributed by atoms with Crippen LogP contribution in [0.1, 0.15) is 26.3 Å². The Kier molecular flexibility index (Phi) is 2.35. The maximum Gasteiger partial charge on any atom is 0.0653 e. The molecule has 0 saturated carbocycles. The average molecular weight is 200 g/mol. The van der Waals surface area contributed by atoms with Gasteiger partial charge in [0.15, 0.2) is 0 Å². The van der Waals surface area contributed by atoms with Gasteiger partial charge >= 0.3 is 0 Å². The Balaban J connectivity index is 2.58. The van der Waals surface area contributed by atoms with Crippen molar-refractivity contribution >= 4 is 0 Å². The molecule has 2 rings (SSSR count). The zero-order valence-corrected chi connectivity index (χ0v) is 9.41. The Bertz CT molecular complexity index is 436. The monoisotopic (exact) mass is 200 g/mol. The number of nitrogens with zero attached hydrogens (tertiary/aromatic N) is 1. The lowest BCUT2D eigenvalue weighted by Gasteiger charge is -2.22. The van der Waals surface area contributed by atoms with Crippen molar-refractivity contribution in [1.29, 1.82) is 0 Å². The van der Waals surface area contributed by atoms with Crippen LogP contribution in [0.15, 0.2) is 36.5 Å². The van der Waals surface area contributed by atoms with Crippen molar-refractivity contribution in [2.75, 3.05) is 0 Å². The first kappa shape index (κ1) is 9.97. The smallest absolute Gasteiger partial charge is 0.0653 e. The van der Waals surface area contributed by atoms with Gasteiger partial charge in [0, 0.05) is 11.8 Å². The van der Waals surface area contributed by atoms with Crippen molar-refractivity contribution < 1.29 is 0 Å². The minimum Gasteiger partial charge on any atom is -0.278 e. The van der Waals surface area contributed by atoms with Crippen molar-refractivity contribution in [3.63, 3.8) is 0 Å². The molecule has 2 nitrogen and oxygen atoms in total. The second kappa shape index (κ2) is 3.54. The third-order valence-electron chi connectivity index (χ3n) is 2.53. The molecule has 15 heavy (non-hydrogen) atoms. The first-order chi connectivity index (χ1) is 7.09. The van der Waals surface area contributed by atoms with Gasteiger partial charge in [0.1, 0.15) is 0 Å². The Morgan fingerprint density at radius 2 is 1.80 bits per heavy atom. The standard InChI is InChI=1S/C13H16N2/c1-13(2,3)11-7-5-4-6-10(11)12-8-9-14-15-12/h4-9H,1-3H3,(H,14,15). The molecule has 2 heteroatoms. The van der Waals surface area contributed by atoms with Gasteiger partial charge in [0.05, 0.1) is 5.69 Å². The predicted molar refractivity (Wildman–Crippen MR) is 62.7 cm³/mol. The Morgan fingerprint density at radius 1 is 1.07 bits per heavy atom. The van der Waals surface area contributed by atoms with Crippen molar-refractivity contribution in [3.8, 4) is 11.3 Å². The molecular formula is C13H16N2. The molecule has 1 aromatic heterocycles. The third-order valence-corrected chi connectivity index (χ3v) is 2.53. The molecule has 1 N–H and O–H groups in total. The van der Waals surface area contributed by atoms with Crippen LogP contribution in [0.2, 0.25) is 0 Å². The van der Waals surface area contributed by atoms with Gasteiger partial charge in [-0.15, -0.1) is 0 Å². The van der Waals surface area contributed by atoms with Crippen LogP contribution in [0.5, 0.6) is 0 Å². The summed E-state index contributed by atoms with van der Waals surface area (Å²) in [5.41, 5.74) is 3.82. The Morgan fingerprint density at radius 3 is 2.40 bits per heavy atom. The summed E-state index contributed by atoms with van der Waals surface area (Å²) in [5.74, 6) is 0. The van der Waals surface area contributed by atoms with Crippen LogP contribution in [0, 0.1) is 0 Å². The zero-order chi connectivity index (χ0) is 10.9. The number of aromatic amines is 1. The van der Waals surface area contributed by atoms with E-state index in [0.717, 1.165) is 5.69 Å². The highest BCUT2D eigenvalue weighted by Gasteiger charge is 2.18. The van der Waals surface area contributed by atoms with Gasteiger partial charge in [-0.25, -0.2) is 0 Å². The highest BCUT2D eigenvalue weighted by molar-refractivity contribution is 5.64.